The van der Waals surface area contributed by atoms with E-state index in [1.165, 1.54) is 23.9 Å². The molecule has 0 amide bonds. The molecule has 1 N–H and O–H groups in total. The van der Waals surface area contributed by atoms with Crippen LogP contribution >= 0.6 is 11.8 Å². The zero-order valence-electron chi connectivity index (χ0n) is 15.4. The number of benzene rings is 3. The summed E-state index contributed by atoms with van der Waals surface area (Å²) in [5, 5.41) is 4.07. The van der Waals surface area contributed by atoms with Crippen LogP contribution < -0.4 is 5.32 Å². The Balaban J connectivity index is 1.57. The summed E-state index contributed by atoms with van der Waals surface area (Å²) >= 11 is 1.30. The molecule has 2 nitrogen and oxygen atoms in total. The van der Waals surface area contributed by atoms with E-state index in [1.807, 2.05) is 60.7 Å². The van der Waals surface area contributed by atoms with Gasteiger partial charge in [0.05, 0.1) is 11.6 Å². The van der Waals surface area contributed by atoms with Crippen LogP contribution in [0.5, 0.6) is 0 Å². The van der Waals surface area contributed by atoms with Gasteiger partial charge in [0.2, 0.25) is 0 Å². The molecule has 0 saturated heterocycles. The quantitative estimate of drug-likeness (QED) is 0.538. The lowest BCUT2D eigenvalue weighted by Crippen LogP contribution is -2.22. The summed E-state index contributed by atoms with van der Waals surface area (Å²) in [5.41, 5.74) is 1.83. The smallest absolute Gasteiger partial charge is 0.356 e. The first-order chi connectivity index (χ1) is 14.0. The van der Waals surface area contributed by atoms with Gasteiger partial charge < -0.3 is 5.32 Å². The van der Waals surface area contributed by atoms with Gasteiger partial charge in [0, 0.05) is 5.75 Å². The van der Waals surface area contributed by atoms with Crippen LogP contribution in [0.4, 0.5) is 13.2 Å². The molecule has 0 radical (unpaired) electrons. The molecule has 2 atom stereocenters. The summed E-state index contributed by atoms with van der Waals surface area (Å²) in [4.78, 5) is 4.81. The molecule has 148 valence electrons. The van der Waals surface area contributed by atoms with Gasteiger partial charge in [-0.15, -0.1) is 0 Å². The van der Waals surface area contributed by atoms with Crippen LogP contribution in [-0.2, 0) is 11.9 Å². The second-order valence-electron chi connectivity index (χ2n) is 6.77. The number of amidine groups is 1. The zero-order valence-corrected chi connectivity index (χ0v) is 16.3. The van der Waals surface area contributed by atoms with E-state index in [-0.39, 0.29) is 23.4 Å². The third-order valence-corrected chi connectivity index (χ3v) is 5.79. The molecule has 6 heteroatoms. The zero-order chi connectivity index (χ0) is 20.3. The minimum Gasteiger partial charge on any atom is -0.356 e. The highest BCUT2D eigenvalue weighted by Gasteiger charge is 2.34. The minimum absolute atomic E-state index is 0.0565. The van der Waals surface area contributed by atoms with Crippen LogP contribution in [0, 0.1) is 0 Å². The topological polar surface area (TPSA) is 24.4 Å². The van der Waals surface area contributed by atoms with Crippen molar-refractivity contribution in [2.45, 2.75) is 24.0 Å². The van der Waals surface area contributed by atoms with Crippen molar-refractivity contribution in [2.24, 2.45) is 4.99 Å². The Morgan fingerprint density at radius 1 is 0.793 bits per heavy atom. The fourth-order valence-electron chi connectivity index (χ4n) is 3.44. The Kier molecular flexibility index (Phi) is 5.62. The van der Waals surface area contributed by atoms with Crippen LogP contribution in [-0.4, -0.2) is 5.17 Å². The maximum atomic E-state index is 13.3. The summed E-state index contributed by atoms with van der Waals surface area (Å²) in [6.45, 7) is 0. The number of nitrogens with one attached hydrogen (secondary N) is 1. The number of nitrogens with zero attached hydrogens (tertiary/aromatic N) is 1. The number of hydrogen-bond acceptors (Lipinski definition) is 3. The highest BCUT2D eigenvalue weighted by Crippen LogP contribution is 2.39. The molecule has 3 aromatic carbocycles. The number of halogens is 3. The molecule has 0 aliphatic carbocycles. The number of aliphatic imine (C=N–C) groups is 1. The Morgan fingerprint density at radius 3 is 2.03 bits per heavy atom. The first kappa shape index (κ1) is 19.6. The average Bonchev–Trinajstić information content (AvgIpc) is 3.17. The van der Waals surface area contributed by atoms with E-state index in [2.05, 4.69) is 5.32 Å². The van der Waals surface area contributed by atoms with Crippen LogP contribution in [0.1, 0.15) is 34.3 Å². The summed E-state index contributed by atoms with van der Waals surface area (Å²) in [7, 11) is 0. The number of hydrogen-bond donors (Lipinski definition) is 1. The molecule has 0 aromatic heterocycles. The van der Waals surface area contributed by atoms with Gasteiger partial charge in [0.1, 0.15) is 6.04 Å². The van der Waals surface area contributed by atoms with Crippen LogP contribution in [0.25, 0.3) is 0 Å². The lowest BCUT2D eigenvalue weighted by molar-refractivity contribution is -0.138. The Labute approximate surface area is 171 Å². The molecule has 0 spiro atoms. The fourth-order valence-corrected chi connectivity index (χ4v) is 4.38. The van der Waals surface area contributed by atoms with E-state index in [9.17, 15) is 13.2 Å². The lowest BCUT2D eigenvalue weighted by Gasteiger charge is -2.19. The molecule has 1 heterocycles. The van der Waals surface area contributed by atoms with Gasteiger partial charge in [-0.2, -0.15) is 13.2 Å². The summed E-state index contributed by atoms with van der Waals surface area (Å²) < 4.78 is 39.8. The lowest BCUT2D eigenvalue weighted by atomic mass is 9.95. The number of alkyl halides is 3. The standard InChI is InChI=1S/C23H19F3N2S/c24-23(25,26)19-14-8-7-13-18(19)15-29-22-27-20(16-9-3-1-4-10-16)21(28-22)17-11-5-2-6-12-17/h1-14,20-21H,15H2,(H,27,28). The highest BCUT2D eigenvalue weighted by molar-refractivity contribution is 8.13. The monoisotopic (exact) mass is 412 g/mol. The van der Waals surface area contributed by atoms with Crippen LogP contribution in [0.15, 0.2) is 89.9 Å². The van der Waals surface area contributed by atoms with Gasteiger partial charge in [-0.1, -0.05) is 90.6 Å². The predicted molar refractivity (Wildman–Crippen MR) is 112 cm³/mol. The van der Waals surface area contributed by atoms with Crippen molar-refractivity contribution in [3.05, 3.63) is 107 Å². The van der Waals surface area contributed by atoms with Gasteiger partial charge in [-0.3, -0.25) is 4.99 Å². The van der Waals surface area contributed by atoms with Crippen molar-refractivity contribution < 1.29 is 13.2 Å². The molecule has 29 heavy (non-hydrogen) atoms. The Bertz CT molecular complexity index is 988. The van der Waals surface area contributed by atoms with Crippen molar-refractivity contribution >= 4 is 16.9 Å². The molecule has 1 aliphatic heterocycles. The molecular weight excluding hydrogens is 393 g/mol. The minimum atomic E-state index is -4.36. The molecule has 0 bridgehead atoms. The van der Waals surface area contributed by atoms with Crippen molar-refractivity contribution in [2.75, 3.05) is 0 Å². The van der Waals surface area contributed by atoms with Crippen molar-refractivity contribution in [3.63, 3.8) is 0 Å². The van der Waals surface area contributed by atoms with E-state index in [4.69, 9.17) is 4.99 Å². The molecule has 0 saturated carbocycles. The number of thioether (sulfide) groups is 1. The normalized spacial score (nSPS) is 18.9. The fraction of sp³-hybridized carbons (Fsp3) is 0.174. The van der Waals surface area contributed by atoms with Crippen molar-refractivity contribution in [1.29, 1.82) is 0 Å². The van der Waals surface area contributed by atoms with Gasteiger partial charge >= 0.3 is 6.18 Å². The largest absolute Gasteiger partial charge is 0.416 e. The first-order valence-electron chi connectivity index (χ1n) is 9.24. The second kappa shape index (κ2) is 8.33. The molecule has 1 aliphatic rings. The predicted octanol–water partition coefficient (Wildman–Crippen LogP) is 6.38. The number of rotatable bonds is 4. The van der Waals surface area contributed by atoms with Crippen molar-refractivity contribution in [1.82, 2.24) is 5.32 Å². The maximum absolute atomic E-state index is 13.3. The van der Waals surface area contributed by atoms with E-state index in [0.717, 1.165) is 17.2 Å². The Morgan fingerprint density at radius 2 is 1.38 bits per heavy atom. The Hall–Kier alpha value is -2.73. The van der Waals surface area contributed by atoms with Gasteiger partial charge in [0.25, 0.3) is 0 Å². The summed E-state index contributed by atoms with van der Waals surface area (Å²) in [5.74, 6) is 0.199. The first-order valence-corrected chi connectivity index (χ1v) is 10.2. The maximum Gasteiger partial charge on any atom is 0.416 e. The molecular formula is C23H19F3N2S. The summed E-state index contributed by atoms with van der Waals surface area (Å²) in [6, 6.07) is 25.4. The van der Waals surface area contributed by atoms with Crippen LogP contribution in [0.2, 0.25) is 0 Å². The second-order valence-corrected chi connectivity index (χ2v) is 7.73. The van der Waals surface area contributed by atoms with E-state index < -0.39 is 11.7 Å². The highest BCUT2D eigenvalue weighted by atomic mass is 32.2. The third-order valence-electron chi connectivity index (χ3n) is 4.84. The molecule has 2 unspecified atom stereocenters. The van der Waals surface area contributed by atoms with E-state index >= 15 is 0 Å². The molecule has 0 fully saturated rings. The van der Waals surface area contributed by atoms with Gasteiger partial charge in [-0.05, 0) is 22.8 Å². The average molecular weight is 412 g/mol. The van der Waals surface area contributed by atoms with Gasteiger partial charge in [-0.25, -0.2) is 0 Å². The third kappa shape index (κ3) is 4.48. The SMILES string of the molecule is FC(F)(F)c1ccccc1CSC1=NC(c2ccccc2)C(c2ccccc2)N1. The van der Waals surface area contributed by atoms with E-state index in [0.29, 0.717) is 5.17 Å². The van der Waals surface area contributed by atoms with Crippen molar-refractivity contribution in [3.8, 4) is 0 Å². The summed E-state index contributed by atoms with van der Waals surface area (Å²) in [6.07, 6.45) is -4.36. The van der Waals surface area contributed by atoms with Gasteiger partial charge in [0.15, 0.2) is 5.17 Å². The molecule has 3 aromatic rings. The van der Waals surface area contributed by atoms with E-state index in [1.54, 1.807) is 6.07 Å². The van der Waals surface area contributed by atoms with Crippen LogP contribution in [0.3, 0.4) is 0 Å². The molecule has 4 rings (SSSR count).